The van der Waals surface area contributed by atoms with Gasteiger partial charge in [0.05, 0.1) is 29.6 Å². The summed E-state index contributed by atoms with van der Waals surface area (Å²) < 4.78 is 12.6. The molecule has 0 saturated heterocycles. The molecule has 4 aromatic rings. The molecule has 176 valence electrons. The van der Waals surface area contributed by atoms with Gasteiger partial charge in [0.15, 0.2) is 5.65 Å². The molecule has 0 saturated carbocycles. The highest BCUT2D eigenvalue weighted by molar-refractivity contribution is 9.10. The first-order valence-electron chi connectivity index (χ1n) is 10.5. The largest absolute Gasteiger partial charge is 0.382 e. The number of ether oxygens (including phenoxy) is 2. The van der Waals surface area contributed by atoms with Gasteiger partial charge in [-0.25, -0.2) is 4.98 Å². The molecule has 2 heterocycles. The summed E-state index contributed by atoms with van der Waals surface area (Å²) in [5.41, 5.74) is 4.00. The molecule has 34 heavy (non-hydrogen) atoms. The number of hydrogen-bond donors (Lipinski definition) is 2. The van der Waals surface area contributed by atoms with Crippen LogP contribution in [0, 0.1) is 0 Å². The summed E-state index contributed by atoms with van der Waals surface area (Å²) in [6, 6.07) is 17.1. The molecule has 0 aliphatic heterocycles. The topological polar surface area (TPSA) is 89.8 Å². The highest BCUT2D eigenvalue weighted by atomic mass is 79.9. The van der Waals surface area contributed by atoms with E-state index in [1.165, 1.54) is 0 Å². The maximum absolute atomic E-state index is 12.0. The van der Waals surface area contributed by atoms with Crippen LogP contribution in [0.5, 0.6) is 0 Å². The molecule has 0 aliphatic rings. The lowest BCUT2D eigenvalue weighted by atomic mass is 10.1. The molecule has 10 heteroatoms. The van der Waals surface area contributed by atoms with Crippen LogP contribution in [0.15, 0.2) is 65.3 Å². The average Bonchev–Trinajstić information content (AvgIpc) is 3.22. The molecule has 0 unspecified atom stereocenters. The number of benzene rings is 2. The molecule has 1 amide bonds. The zero-order chi connectivity index (χ0) is 23.9. The van der Waals surface area contributed by atoms with Crippen molar-refractivity contribution in [1.29, 1.82) is 0 Å². The van der Waals surface area contributed by atoms with Gasteiger partial charge >= 0.3 is 0 Å². The number of aromatic nitrogens is 3. The normalized spacial score (nSPS) is 11.0. The van der Waals surface area contributed by atoms with Crippen molar-refractivity contribution in [1.82, 2.24) is 14.6 Å². The van der Waals surface area contributed by atoms with Gasteiger partial charge in [0, 0.05) is 36.0 Å². The molecule has 2 aromatic heterocycles. The lowest BCUT2D eigenvalue weighted by Crippen LogP contribution is -2.19. The molecular weight excluding hydrogens is 522 g/mol. The van der Waals surface area contributed by atoms with Gasteiger partial charge in [-0.05, 0) is 39.7 Å². The van der Waals surface area contributed by atoms with Crippen molar-refractivity contribution in [3.63, 3.8) is 0 Å². The Balaban J connectivity index is 1.45. The van der Waals surface area contributed by atoms with Gasteiger partial charge in [-0.15, -0.1) is 0 Å². The second kappa shape index (κ2) is 11.4. The van der Waals surface area contributed by atoms with Gasteiger partial charge in [-0.1, -0.05) is 41.9 Å². The van der Waals surface area contributed by atoms with E-state index in [0.29, 0.717) is 36.1 Å². The Bertz CT molecular complexity index is 1280. The lowest BCUT2D eigenvalue weighted by Gasteiger charge is -2.12. The third-order valence-electron chi connectivity index (χ3n) is 4.95. The quantitative estimate of drug-likeness (QED) is 0.272. The summed E-state index contributed by atoms with van der Waals surface area (Å²) in [7, 11) is 1.59. The molecule has 2 N–H and O–H groups in total. The molecule has 0 radical (unpaired) electrons. The fourth-order valence-electron chi connectivity index (χ4n) is 3.27. The van der Waals surface area contributed by atoms with Crippen LogP contribution < -0.4 is 10.6 Å². The number of carbonyl (C=O) groups excluding carboxylic acids is 1. The van der Waals surface area contributed by atoms with E-state index in [1.807, 2.05) is 54.6 Å². The number of carbonyl (C=O) groups is 1. The Morgan fingerprint density at radius 1 is 1.15 bits per heavy atom. The summed E-state index contributed by atoms with van der Waals surface area (Å²) >= 11 is 9.92. The highest BCUT2D eigenvalue weighted by Crippen LogP contribution is 2.30. The van der Waals surface area contributed by atoms with Crippen LogP contribution >= 0.6 is 27.5 Å². The second-order valence-electron chi connectivity index (χ2n) is 7.38. The number of methoxy groups -OCH3 is 1. The van der Waals surface area contributed by atoms with Crippen molar-refractivity contribution in [2.24, 2.45) is 0 Å². The Morgan fingerprint density at radius 2 is 1.94 bits per heavy atom. The van der Waals surface area contributed by atoms with Crippen LogP contribution in [-0.2, 0) is 20.8 Å². The van der Waals surface area contributed by atoms with Gasteiger partial charge < -0.3 is 20.1 Å². The van der Waals surface area contributed by atoms with Crippen molar-refractivity contribution in [2.75, 3.05) is 37.6 Å². The molecule has 0 bridgehead atoms. The standard InChI is InChI=1S/C24H23BrClN5O3/c1-33-10-11-34-15-23(32)29-17-8-6-16(7-9-17)13-27-22-12-21(18-4-2-3-5-20(18)26)30-24-19(25)14-28-31(22)24/h2-9,12,14,27H,10-11,13,15H2,1H3,(H,29,32). The minimum Gasteiger partial charge on any atom is -0.382 e. The summed E-state index contributed by atoms with van der Waals surface area (Å²) in [4.78, 5) is 16.7. The van der Waals surface area contributed by atoms with Crippen LogP contribution in [-0.4, -0.2) is 47.4 Å². The fourth-order valence-corrected chi connectivity index (χ4v) is 3.85. The van der Waals surface area contributed by atoms with E-state index in [-0.39, 0.29) is 12.5 Å². The van der Waals surface area contributed by atoms with E-state index in [4.69, 9.17) is 26.1 Å². The Hall–Kier alpha value is -2.98. The van der Waals surface area contributed by atoms with E-state index >= 15 is 0 Å². The van der Waals surface area contributed by atoms with E-state index in [1.54, 1.807) is 17.8 Å². The zero-order valence-electron chi connectivity index (χ0n) is 18.4. The number of nitrogens with one attached hydrogen (secondary N) is 2. The number of nitrogens with zero attached hydrogens (tertiary/aromatic N) is 3. The van der Waals surface area contributed by atoms with Crippen LogP contribution in [0.4, 0.5) is 11.5 Å². The van der Waals surface area contributed by atoms with E-state index in [0.717, 1.165) is 27.1 Å². The first kappa shape index (κ1) is 24.2. The third kappa shape index (κ3) is 5.92. The summed E-state index contributed by atoms with van der Waals surface area (Å²) in [5.74, 6) is 0.564. The number of amides is 1. The minimum absolute atomic E-state index is 0.0160. The van der Waals surface area contributed by atoms with Crippen molar-refractivity contribution < 1.29 is 14.3 Å². The highest BCUT2D eigenvalue weighted by Gasteiger charge is 2.13. The summed E-state index contributed by atoms with van der Waals surface area (Å²) in [6.07, 6.45) is 1.71. The number of rotatable bonds is 10. The number of anilines is 2. The van der Waals surface area contributed by atoms with Crippen LogP contribution in [0.1, 0.15) is 5.56 Å². The Labute approximate surface area is 210 Å². The first-order valence-corrected chi connectivity index (χ1v) is 11.7. The monoisotopic (exact) mass is 543 g/mol. The maximum Gasteiger partial charge on any atom is 0.250 e. The van der Waals surface area contributed by atoms with Crippen molar-refractivity contribution in [3.05, 3.63) is 75.9 Å². The molecule has 0 aliphatic carbocycles. The number of hydrogen-bond acceptors (Lipinski definition) is 6. The van der Waals surface area contributed by atoms with Crippen molar-refractivity contribution >= 4 is 50.6 Å². The summed E-state index contributed by atoms with van der Waals surface area (Å²) in [5, 5.41) is 11.3. The van der Waals surface area contributed by atoms with E-state index < -0.39 is 0 Å². The predicted molar refractivity (Wildman–Crippen MR) is 136 cm³/mol. The van der Waals surface area contributed by atoms with E-state index in [2.05, 4.69) is 31.7 Å². The van der Waals surface area contributed by atoms with Crippen molar-refractivity contribution in [2.45, 2.75) is 6.54 Å². The smallest absolute Gasteiger partial charge is 0.250 e. The lowest BCUT2D eigenvalue weighted by molar-refractivity contribution is -0.121. The van der Waals surface area contributed by atoms with Crippen LogP contribution in [0.3, 0.4) is 0 Å². The van der Waals surface area contributed by atoms with Gasteiger partial charge in [0.2, 0.25) is 5.91 Å². The second-order valence-corrected chi connectivity index (χ2v) is 8.64. The maximum atomic E-state index is 12.0. The molecule has 4 rings (SSSR count). The van der Waals surface area contributed by atoms with Crippen molar-refractivity contribution in [3.8, 4) is 11.3 Å². The van der Waals surface area contributed by atoms with Gasteiger partial charge in [-0.2, -0.15) is 9.61 Å². The molecule has 8 nitrogen and oxygen atoms in total. The Kier molecular flexibility index (Phi) is 8.12. The SMILES string of the molecule is COCCOCC(=O)Nc1ccc(CNc2cc(-c3ccccc3Cl)nc3c(Br)cnn23)cc1. The molecule has 0 spiro atoms. The molecular formula is C24H23BrClN5O3. The molecule has 0 atom stereocenters. The molecule has 2 aromatic carbocycles. The van der Waals surface area contributed by atoms with Gasteiger partial charge in [0.1, 0.15) is 12.4 Å². The Morgan fingerprint density at radius 3 is 2.71 bits per heavy atom. The fraction of sp³-hybridized carbons (Fsp3) is 0.208. The number of fused-ring (bicyclic) bond motifs is 1. The summed E-state index contributed by atoms with van der Waals surface area (Å²) in [6.45, 7) is 1.36. The van der Waals surface area contributed by atoms with Gasteiger partial charge in [-0.3, -0.25) is 4.79 Å². The average molecular weight is 545 g/mol. The third-order valence-corrected chi connectivity index (χ3v) is 5.84. The number of halogens is 2. The first-order chi connectivity index (χ1) is 16.5. The zero-order valence-corrected chi connectivity index (χ0v) is 20.8. The minimum atomic E-state index is -0.211. The van der Waals surface area contributed by atoms with E-state index in [9.17, 15) is 4.79 Å². The van der Waals surface area contributed by atoms with Gasteiger partial charge in [0.25, 0.3) is 0 Å². The molecule has 0 fully saturated rings. The van der Waals surface area contributed by atoms with Crippen LogP contribution in [0.2, 0.25) is 5.02 Å². The predicted octanol–water partition coefficient (Wildman–Crippen LogP) is 5.03. The van der Waals surface area contributed by atoms with Crippen LogP contribution in [0.25, 0.3) is 16.9 Å².